The van der Waals surface area contributed by atoms with E-state index in [1.54, 1.807) is 36.7 Å². The maximum atomic E-state index is 12.6. The Bertz CT molecular complexity index is 1070. The third kappa shape index (κ3) is 3.12. The van der Waals surface area contributed by atoms with Crippen molar-refractivity contribution in [3.63, 3.8) is 0 Å². The Balaban J connectivity index is 1.75. The molecule has 2 N–H and O–H groups in total. The van der Waals surface area contributed by atoms with Gasteiger partial charge in [-0.3, -0.25) is 9.78 Å². The number of aromatic nitrogens is 3. The minimum Gasteiger partial charge on any atom is -0.467 e. The number of H-pyrrole nitrogens is 1. The van der Waals surface area contributed by atoms with Crippen LogP contribution < -0.4 is 10.9 Å². The summed E-state index contributed by atoms with van der Waals surface area (Å²) in [5, 5.41) is 4.10. The van der Waals surface area contributed by atoms with E-state index in [0.29, 0.717) is 28.5 Å². The molecule has 0 saturated carbocycles. The first-order valence-electron chi connectivity index (χ1n) is 7.62. The number of rotatable bonds is 4. The molecule has 0 unspecified atom stereocenters. The van der Waals surface area contributed by atoms with Gasteiger partial charge in [-0.25, -0.2) is 4.98 Å². The van der Waals surface area contributed by atoms with Crippen LogP contribution in [0.25, 0.3) is 22.2 Å². The van der Waals surface area contributed by atoms with E-state index in [1.807, 2.05) is 18.2 Å². The van der Waals surface area contributed by atoms with Crippen LogP contribution in [0.1, 0.15) is 5.76 Å². The molecular formula is C18H13ClN4O2. The quantitative estimate of drug-likeness (QED) is 0.583. The number of nitrogens with zero attached hydrogens (tertiary/aromatic N) is 2. The average Bonchev–Trinajstić information content (AvgIpc) is 3.14. The number of halogens is 1. The van der Waals surface area contributed by atoms with Gasteiger partial charge in [0.05, 0.1) is 18.2 Å². The lowest BCUT2D eigenvalue weighted by Gasteiger charge is -2.08. The van der Waals surface area contributed by atoms with Crippen LogP contribution in [-0.4, -0.2) is 15.0 Å². The lowest BCUT2D eigenvalue weighted by atomic mass is 10.0. The van der Waals surface area contributed by atoms with Crippen LogP contribution in [0.4, 0.5) is 5.95 Å². The molecule has 0 fully saturated rings. The number of benzene rings is 1. The molecule has 0 saturated heterocycles. The Kier molecular flexibility index (Phi) is 3.95. The highest BCUT2D eigenvalue weighted by molar-refractivity contribution is 6.30. The molecule has 1 aromatic carbocycles. The normalized spacial score (nSPS) is 10.9. The number of fused-ring (bicyclic) bond motifs is 1. The van der Waals surface area contributed by atoms with Gasteiger partial charge in [0.1, 0.15) is 5.76 Å². The molecule has 0 aliphatic rings. The van der Waals surface area contributed by atoms with E-state index >= 15 is 0 Å². The second kappa shape index (κ2) is 6.41. The highest BCUT2D eigenvalue weighted by atomic mass is 35.5. The number of hydrogen-bond donors (Lipinski definition) is 2. The molecule has 3 heterocycles. The molecule has 3 aromatic heterocycles. The molecule has 0 bridgehead atoms. The van der Waals surface area contributed by atoms with Crippen LogP contribution >= 0.6 is 11.6 Å². The fraction of sp³-hybridized carbons (Fsp3) is 0.0556. The summed E-state index contributed by atoms with van der Waals surface area (Å²) in [6.45, 7) is 0.415. The van der Waals surface area contributed by atoms with Gasteiger partial charge in [-0.2, -0.15) is 4.98 Å². The first kappa shape index (κ1) is 15.4. The Morgan fingerprint density at radius 2 is 2.00 bits per heavy atom. The van der Waals surface area contributed by atoms with Crippen LogP contribution in [0, 0.1) is 0 Å². The van der Waals surface area contributed by atoms with Crippen molar-refractivity contribution in [3.05, 3.63) is 76.1 Å². The Labute approximate surface area is 147 Å². The third-order valence-corrected chi connectivity index (χ3v) is 4.03. The first-order valence-corrected chi connectivity index (χ1v) is 8.00. The first-order chi connectivity index (χ1) is 12.2. The number of aromatic amines is 1. The highest BCUT2D eigenvalue weighted by Crippen LogP contribution is 2.25. The largest absolute Gasteiger partial charge is 0.467 e. The molecule has 0 aliphatic carbocycles. The summed E-state index contributed by atoms with van der Waals surface area (Å²) in [6.07, 6.45) is 3.22. The standard InChI is InChI=1S/C18H13ClN4O2/c19-12-5-3-11(4-6-12)14-7-8-20-16-15(14)17(24)23-18(22-16)21-10-13-2-1-9-25-13/h1-9H,10H2,(H2,20,21,22,23,24). The molecular weight excluding hydrogens is 340 g/mol. The van der Waals surface area contributed by atoms with Gasteiger partial charge >= 0.3 is 0 Å². The SMILES string of the molecule is O=c1[nH]c(NCc2ccco2)nc2nccc(-c3ccc(Cl)cc3)c12. The summed E-state index contributed by atoms with van der Waals surface area (Å²) >= 11 is 5.94. The van der Waals surface area contributed by atoms with Crippen molar-refractivity contribution in [1.29, 1.82) is 0 Å². The van der Waals surface area contributed by atoms with E-state index in [2.05, 4.69) is 20.3 Å². The second-order valence-corrected chi connectivity index (χ2v) is 5.85. The molecule has 4 aromatic rings. The van der Waals surface area contributed by atoms with Crippen LogP contribution in [0.3, 0.4) is 0 Å². The summed E-state index contributed by atoms with van der Waals surface area (Å²) in [5.74, 6) is 1.08. The zero-order valence-electron chi connectivity index (χ0n) is 13.0. The average molecular weight is 353 g/mol. The van der Waals surface area contributed by atoms with Crippen molar-refractivity contribution < 1.29 is 4.42 Å². The summed E-state index contributed by atoms with van der Waals surface area (Å²) in [5.41, 5.74) is 1.75. The number of furan rings is 1. The highest BCUT2D eigenvalue weighted by Gasteiger charge is 2.11. The van der Waals surface area contributed by atoms with Crippen molar-refractivity contribution in [2.24, 2.45) is 0 Å². The van der Waals surface area contributed by atoms with Crippen molar-refractivity contribution in [2.75, 3.05) is 5.32 Å². The minimum absolute atomic E-state index is 0.259. The van der Waals surface area contributed by atoms with Gasteiger partial charge in [-0.1, -0.05) is 23.7 Å². The van der Waals surface area contributed by atoms with Gasteiger partial charge in [0, 0.05) is 11.2 Å². The van der Waals surface area contributed by atoms with E-state index in [0.717, 1.165) is 16.9 Å². The van der Waals surface area contributed by atoms with Gasteiger partial charge < -0.3 is 9.73 Å². The van der Waals surface area contributed by atoms with Crippen molar-refractivity contribution in [1.82, 2.24) is 15.0 Å². The summed E-state index contributed by atoms with van der Waals surface area (Å²) in [4.78, 5) is 24.0. The number of nitrogens with one attached hydrogen (secondary N) is 2. The number of pyridine rings is 1. The van der Waals surface area contributed by atoms with E-state index in [-0.39, 0.29) is 5.56 Å². The summed E-state index contributed by atoms with van der Waals surface area (Å²) in [6, 6.07) is 12.7. The van der Waals surface area contributed by atoms with E-state index < -0.39 is 0 Å². The van der Waals surface area contributed by atoms with E-state index in [1.165, 1.54) is 0 Å². The molecule has 124 valence electrons. The molecule has 7 heteroatoms. The molecule has 0 amide bonds. The lowest BCUT2D eigenvalue weighted by molar-refractivity contribution is 0.517. The molecule has 0 aliphatic heterocycles. The molecule has 0 spiro atoms. The van der Waals surface area contributed by atoms with Crippen molar-refractivity contribution in [2.45, 2.75) is 6.54 Å². The van der Waals surface area contributed by atoms with Gasteiger partial charge in [0.15, 0.2) is 5.65 Å². The Hall–Kier alpha value is -3.12. The fourth-order valence-electron chi connectivity index (χ4n) is 2.60. The zero-order valence-corrected chi connectivity index (χ0v) is 13.7. The Morgan fingerprint density at radius 1 is 1.16 bits per heavy atom. The topological polar surface area (TPSA) is 83.8 Å². The maximum Gasteiger partial charge on any atom is 0.262 e. The van der Waals surface area contributed by atoms with Crippen LogP contribution in [0.5, 0.6) is 0 Å². The summed E-state index contributed by atoms with van der Waals surface area (Å²) in [7, 11) is 0. The van der Waals surface area contributed by atoms with Gasteiger partial charge in [-0.15, -0.1) is 0 Å². The molecule has 0 atom stereocenters. The molecule has 4 rings (SSSR count). The molecule has 0 radical (unpaired) electrons. The van der Waals surface area contributed by atoms with E-state index in [9.17, 15) is 4.79 Å². The van der Waals surface area contributed by atoms with Crippen LogP contribution in [0.15, 0.2) is 64.1 Å². The fourth-order valence-corrected chi connectivity index (χ4v) is 2.73. The van der Waals surface area contributed by atoms with E-state index in [4.69, 9.17) is 16.0 Å². The third-order valence-electron chi connectivity index (χ3n) is 3.77. The number of anilines is 1. The monoisotopic (exact) mass is 352 g/mol. The predicted octanol–water partition coefficient (Wildman–Crippen LogP) is 3.84. The Morgan fingerprint density at radius 3 is 2.76 bits per heavy atom. The lowest BCUT2D eigenvalue weighted by Crippen LogP contribution is -2.14. The molecule has 25 heavy (non-hydrogen) atoms. The second-order valence-electron chi connectivity index (χ2n) is 5.41. The number of hydrogen-bond acceptors (Lipinski definition) is 5. The maximum absolute atomic E-state index is 12.6. The molecule has 6 nitrogen and oxygen atoms in total. The van der Waals surface area contributed by atoms with Gasteiger partial charge in [0.2, 0.25) is 5.95 Å². The minimum atomic E-state index is -0.259. The van der Waals surface area contributed by atoms with Crippen molar-refractivity contribution in [3.8, 4) is 11.1 Å². The van der Waals surface area contributed by atoms with Crippen LogP contribution in [0.2, 0.25) is 5.02 Å². The van der Waals surface area contributed by atoms with Crippen LogP contribution in [-0.2, 0) is 6.54 Å². The zero-order chi connectivity index (χ0) is 17.2. The summed E-state index contributed by atoms with van der Waals surface area (Å²) < 4.78 is 5.25. The predicted molar refractivity (Wildman–Crippen MR) is 96.6 cm³/mol. The van der Waals surface area contributed by atoms with Gasteiger partial charge in [0.25, 0.3) is 5.56 Å². The van der Waals surface area contributed by atoms with Gasteiger partial charge in [-0.05, 0) is 41.5 Å². The van der Waals surface area contributed by atoms with Crippen molar-refractivity contribution >= 4 is 28.6 Å². The smallest absolute Gasteiger partial charge is 0.262 e.